The number of ether oxygens (including phenoxy) is 4. The van der Waals surface area contributed by atoms with Crippen molar-refractivity contribution < 1.29 is 18.9 Å². The van der Waals surface area contributed by atoms with Crippen LogP contribution in [0.1, 0.15) is 33.1 Å². The van der Waals surface area contributed by atoms with Crippen LogP contribution in [0.15, 0.2) is 66.7 Å². The van der Waals surface area contributed by atoms with E-state index in [9.17, 15) is 0 Å². The number of hydrogen-bond acceptors (Lipinski definition) is 6. The maximum atomic E-state index is 6.52. The highest BCUT2D eigenvalue weighted by Crippen LogP contribution is 2.47. The summed E-state index contributed by atoms with van der Waals surface area (Å²) in [5.74, 6) is 4.18. The molecule has 1 aliphatic rings. The van der Waals surface area contributed by atoms with Crippen molar-refractivity contribution in [1.29, 1.82) is 0 Å². The van der Waals surface area contributed by atoms with E-state index < -0.39 is 0 Å². The summed E-state index contributed by atoms with van der Waals surface area (Å²) in [4.78, 5) is 3.56. The van der Waals surface area contributed by atoms with Gasteiger partial charge in [-0.3, -0.25) is 4.90 Å². The molecule has 3 aromatic carbocycles. The lowest BCUT2D eigenvalue weighted by Crippen LogP contribution is -2.33. The van der Waals surface area contributed by atoms with Gasteiger partial charge in [-0.25, -0.2) is 0 Å². The fourth-order valence-corrected chi connectivity index (χ4v) is 5.79. The van der Waals surface area contributed by atoms with Crippen molar-refractivity contribution >= 4 is 21.4 Å². The number of likely N-dealkylation sites (tertiary alicyclic amines) is 1. The summed E-state index contributed by atoms with van der Waals surface area (Å²) in [5, 5.41) is 1.06. The zero-order valence-electron chi connectivity index (χ0n) is 21.9. The van der Waals surface area contributed by atoms with Crippen molar-refractivity contribution in [3.05, 3.63) is 66.7 Å². The van der Waals surface area contributed by atoms with Gasteiger partial charge in [0, 0.05) is 16.6 Å². The van der Waals surface area contributed by atoms with Gasteiger partial charge in [-0.15, -0.1) is 11.3 Å². The molecule has 4 aromatic rings. The van der Waals surface area contributed by atoms with E-state index in [1.165, 1.54) is 32.4 Å². The van der Waals surface area contributed by atoms with E-state index in [-0.39, 0.29) is 6.10 Å². The molecule has 194 valence electrons. The second kappa shape index (κ2) is 11.9. The normalized spacial score (nSPS) is 14.2. The van der Waals surface area contributed by atoms with Gasteiger partial charge in [0.25, 0.3) is 0 Å². The van der Waals surface area contributed by atoms with E-state index in [1.54, 1.807) is 18.4 Å². The standard InChI is InChI=1S/C31H35NO4S/c1-22(2)35-27-15-16-28-29(21-27)37-31(23-7-9-24(33-3)10-8-23)30(28)36-26-13-11-25(12-14-26)34-20-19-32-17-5-4-6-18-32/h7-16,21-22H,4-6,17-20H2,1-3H3. The Morgan fingerprint density at radius 3 is 2.19 bits per heavy atom. The molecule has 0 radical (unpaired) electrons. The minimum atomic E-state index is 0.120. The van der Waals surface area contributed by atoms with Gasteiger partial charge >= 0.3 is 0 Å². The molecule has 2 heterocycles. The Labute approximate surface area is 223 Å². The molecule has 6 heteroatoms. The first-order valence-corrected chi connectivity index (χ1v) is 13.9. The van der Waals surface area contributed by atoms with E-state index in [0.29, 0.717) is 6.61 Å². The van der Waals surface area contributed by atoms with E-state index in [2.05, 4.69) is 29.2 Å². The molecule has 1 aromatic heterocycles. The third-order valence-corrected chi connectivity index (χ3v) is 7.69. The molecule has 0 bridgehead atoms. The van der Waals surface area contributed by atoms with Crippen molar-refractivity contribution in [2.24, 2.45) is 0 Å². The lowest BCUT2D eigenvalue weighted by Gasteiger charge is -2.26. The predicted molar refractivity (Wildman–Crippen MR) is 152 cm³/mol. The topological polar surface area (TPSA) is 40.2 Å². The average molecular weight is 518 g/mol. The van der Waals surface area contributed by atoms with Gasteiger partial charge in [-0.1, -0.05) is 6.42 Å². The van der Waals surface area contributed by atoms with Crippen LogP contribution in [0, 0.1) is 0 Å². The summed E-state index contributed by atoms with van der Waals surface area (Å²) in [6.45, 7) is 8.14. The number of methoxy groups -OCH3 is 1. The minimum absolute atomic E-state index is 0.120. The summed E-state index contributed by atoms with van der Waals surface area (Å²) in [6.07, 6.45) is 4.07. The van der Waals surface area contributed by atoms with E-state index in [4.69, 9.17) is 18.9 Å². The molecular formula is C31H35NO4S. The maximum absolute atomic E-state index is 6.52. The van der Waals surface area contributed by atoms with E-state index >= 15 is 0 Å². The van der Waals surface area contributed by atoms with Crippen LogP contribution in [0.25, 0.3) is 20.5 Å². The first-order chi connectivity index (χ1) is 18.1. The monoisotopic (exact) mass is 517 g/mol. The molecule has 0 spiro atoms. The number of thiophene rings is 1. The van der Waals surface area contributed by atoms with Gasteiger partial charge in [0.1, 0.15) is 29.6 Å². The molecule has 37 heavy (non-hydrogen) atoms. The summed E-state index contributed by atoms with van der Waals surface area (Å²) in [6, 6.07) is 22.2. The van der Waals surface area contributed by atoms with Crippen LogP contribution in [0.5, 0.6) is 28.7 Å². The predicted octanol–water partition coefficient (Wildman–Crippen LogP) is 8.02. The van der Waals surface area contributed by atoms with Crippen molar-refractivity contribution in [3.63, 3.8) is 0 Å². The summed E-state index contributed by atoms with van der Waals surface area (Å²) in [5.41, 5.74) is 1.08. The largest absolute Gasteiger partial charge is 0.497 e. The maximum Gasteiger partial charge on any atom is 0.153 e. The fraction of sp³-hybridized carbons (Fsp3) is 0.355. The first kappa shape index (κ1) is 25.4. The number of hydrogen-bond donors (Lipinski definition) is 0. The molecule has 1 aliphatic heterocycles. The molecular weight excluding hydrogens is 482 g/mol. The van der Waals surface area contributed by atoms with Crippen LogP contribution in [0.2, 0.25) is 0 Å². The Morgan fingerprint density at radius 2 is 1.49 bits per heavy atom. The SMILES string of the molecule is COc1ccc(-c2sc3cc(OC(C)C)ccc3c2Oc2ccc(OCCN3CCCCC3)cc2)cc1. The smallest absolute Gasteiger partial charge is 0.153 e. The number of rotatable bonds is 10. The zero-order valence-corrected chi connectivity index (χ0v) is 22.7. The van der Waals surface area contributed by atoms with Crippen LogP contribution in [-0.4, -0.2) is 44.4 Å². The molecule has 0 aliphatic carbocycles. The van der Waals surface area contributed by atoms with Crippen LogP contribution in [0.4, 0.5) is 0 Å². The molecule has 0 atom stereocenters. The molecule has 5 rings (SSSR count). The second-order valence-electron chi connectivity index (χ2n) is 9.64. The molecule has 0 N–H and O–H groups in total. The summed E-state index contributed by atoms with van der Waals surface area (Å²) < 4.78 is 25.0. The van der Waals surface area contributed by atoms with Gasteiger partial charge < -0.3 is 18.9 Å². The fourth-order valence-electron chi connectivity index (χ4n) is 4.63. The quantitative estimate of drug-likeness (QED) is 0.213. The Morgan fingerprint density at radius 1 is 0.811 bits per heavy atom. The highest BCUT2D eigenvalue weighted by Gasteiger charge is 2.18. The van der Waals surface area contributed by atoms with E-state index in [1.807, 2.05) is 56.3 Å². The van der Waals surface area contributed by atoms with Crippen LogP contribution in [0.3, 0.4) is 0 Å². The molecule has 0 saturated carbocycles. The van der Waals surface area contributed by atoms with Crippen molar-refractivity contribution in [2.45, 2.75) is 39.2 Å². The molecule has 1 fully saturated rings. The second-order valence-corrected chi connectivity index (χ2v) is 10.7. The van der Waals surface area contributed by atoms with E-state index in [0.717, 1.165) is 55.8 Å². The highest BCUT2D eigenvalue weighted by atomic mass is 32.1. The summed E-state index contributed by atoms with van der Waals surface area (Å²) in [7, 11) is 1.68. The van der Waals surface area contributed by atoms with Crippen LogP contribution >= 0.6 is 11.3 Å². The first-order valence-electron chi connectivity index (χ1n) is 13.1. The van der Waals surface area contributed by atoms with Crippen LogP contribution in [-0.2, 0) is 0 Å². The Hall–Kier alpha value is -3.22. The van der Waals surface area contributed by atoms with Crippen molar-refractivity contribution in [3.8, 4) is 39.2 Å². The van der Waals surface area contributed by atoms with Crippen molar-refractivity contribution in [2.75, 3.05) is 33.4 Å². The van der Waals surface area contributed by atoms with Gasteiger partial charge in [0.05, 0.1) is 18.1 Å². The lowest BCUT2D eigenvalue weighted by molar-refractivity contribution is 0.183. The average Bonchev–Trinajstić information content (AvgIpc) is 3.27. The lowest BCUT2D eigenvalue weighted by atomic mass is 10.1. The molecule has 0 amide bonds. The van der Waals surface area contributed by atoms with Crippen LogP contribution < -0.4 is 18.9 Å². The Kier molecular flexibility index (Phi) is 8.17. The number of piperidine rings is 1. The Balaban J connectivity index is 1.36. The van der Waals surface area contributed by atoms with Gasteiger partial charge in [-0.2, -0.15) is 0 Å². The van der Waals surface area contributed by atoms with Gasteiger partial charge in [0.2, 0.25) is 0 Å². The third-order valence-electron chi connectivity index (χ3n) is 6.51. The molecule has 1 saturated heterocycles. The number of nitrogens with zero attached hydrogens (tertiary/aromatic N) is 1. The molecule has 0 unspecified atom stereocenters. The molecule has 5 nitrogen and oxygen atoms in total. The van der Waals surface area contributed by atoms with Gasteiger partial charge in [-0.05, 0) is 112 Å². The Bertz CT molecular complexity index is 1290. The zero-order chi connectivity index (χ0) is 25.6. The minimum Gasteiger partial charge on any atom is -0.497 e. The number of fused-ring (bicyclic) bond motifs is 1. The van der Waals surface area contributed by atoms with Crippen molar-refractivity contribution in [1.82, 2.24) is 4.90 Å². The highest BCUT2D eigenvalue weighted by molar-refractivity contribution is 7.22. The summed E-state index contributed by atoms with van der Waals surface area (Å²) >= 11 is 1.70. The van der Waals surface area contributed by atoms with Gasteiger partial charge in [0.15, 0.2) is 5.75 Å². The third kappa shape index (κ3) is 6.38. The number of benzene rings is 3.